The van der Waals surface area contributed by atoms with Crippen molar-refractivity contribution in [1.82, 2.24) is 4.90 Å². The lowest BCUT2D eigenvalue weighted by atomic mass is 9.94. The fourth-order valence-corrected chi connectivity index (χ4v) is 5.19. The lowest BCUT2D eigenvalue weighted by Crippen LogP contribution is -2.68. The third-order valence-corrected chi connectivity index (χ3v) is 7.05. The van der Waals surface area contributed by atoms with E-state index in [1.165, 1.54) is 33.1 Å². The molecule has 0 radical (unpaired) electrons. The predicted octanol–water partition coefficient (Wildman–Crippen LogP) is 3.54. The molecule has 1 saturated heterocycles. The monoisotopic (exact) mass is 589 g/mol. The molecule has 0 aliphatic carbocycles. The SMILES string of the molecule is COc1ccc(O[C@@H]2O[C@H](COCc3ccccc3)[C@@H](OC(C)=O)[C@H](OC(C)=O)[C@H]2N2C(=O)c3ccccc3C2=O)cc1. The Kier molecular flexibility index (Phi) is 9.03. The van der Waals surface area contributed by atoms with Gasteiger partial charge in [0.15, 0.2) is 12.2 Å². The van der Waals surface area contributed by atoms with Crippen molar-refractivity contribution in [1.29, 1.82) is 0 Å². The Morgan fingerprint density at radius 3 is 1.91 bits per heavy atom. The fourth-order valence-electron chi connectivity index (χ4n) is 5.19. The van der Waals surface area contributed by atoms with Crippen LogP contribution in [-0.2, 0) is 35.1 Å². The summed E-state index contributed by atoms with van der Waals surface area (Å²) in [7, 11) is 1.53. The standard InChI is InChI=1S/C32H31NO10/c1-19(34)40-28-26(18-39-17-21-9-5-4-6-10-21)43-32(42-23-15-13-22(38-3)14-16-23)27(29(28)41-20(2)35)33-30(36)24-11-7-8-12-25(24)31(33)37/h4-16,26-29,32H,17-18H2,1-3H3/t26-,27-,28-,29-,32-/m1/s1. The van der Waals surface area contributed by atoms with Crippen molar-refractivity contribution in [2.75, 3.05) is 13.7 Å². The third-order valence-electron chi connectivity index (χ3n) is 7.05. The molecule has 2 heterocycles. The maximum Gasteiger partial charge on any atom is 0.303 e. The third kappa shape index (κ3) is 6.52. The second-order valence-corrected chi connectivity index (χ2v) is 10.0. The molecule has 224 valence electrons. The molecule has 1 fully saturated rings. The summed E-state index contributed by atoms with van der Waals surface area (Å²) in [5, 5.41) is 0. The summed E-state index contributed by atoms with van der Waals surface area (Å²) in [5.74, 6) is -1.77. The average molecular weight is 590 g/mol. The number of rotatable bonds is 10. The number of carbonyl (C=O) groups excluding carboxylic acids is 4. The highest BCUT2D eigenvalue weighted by molar-refractivity contribution is 6.21. The van der Waals surface area contributed by atoms with E-state index in [2.05, 4.69) is 0 Å². The molecular weight excluding hydrogens is 558 g/mol. The van der Waals surface area contributed by atoms with E-state index in [1.54, 1.807) is 36.4 Å². The fraction of sp³-hybridized carbons (Fsp3) is 0.312. The molecule has 5 atom stereocenters. The summed E-state index contributed by atoms with van der Waals surface area (Å²) in [5.41, 5.74) is 1.25. The van der Waals surface area contributed by atoms with Gasteiger partial charge in [0, 0.05) is 13.8 Å². The van der Waals surface area contributed by atoms with E-state index in [0.717, 1.165) is 10.5 Å². The Labute approximate surface area is 248 Å². The van der Waals surface area contributed by atoms with Crippen molar-refractivity contribution in [2.45, 2.75) is 51.1 Å². The minimum Gasteiger partial charge on any atom is -0.497 e. The van der Waals surface area contributed by atoms with Crippen molar-refractivity contribution in [3.63, 3.8) is 0 Å². The quantitative estimate of drug-likeness (QED) is 0.256. The van der Waals surface area contributed by atoms with Crippen LogP contribution < -0.4 is 9.47 Å². The van der Waals surface area contributed by atoms with Crippen LogP contribution in [0.15, 0.2) is 78.9 Å². The number of fused-ring (bicyclic) bond motifs is 1. The topological polar surface area (TPSA) is 127 Å². The van der Waals surface area contributed by atoms with Crippen molar-refractivity contribution in [3.05, 3.63) is 95.6 Å². The number of carbonyl (C=O) groups is 4. The molecule has 0 unspecified atom stereocenters. The number of methoxy groups -OCH3 is 1. The highest BCUT2D eigenvalue weighted by atomic mass is 16.7. The molecule has 0 N–H and O–H groups in total. The molecular formula is C32H31NO10. The summed E-state index contributed by atoms with van der Waals surface area (Å²) in [6.45, 7) is 2.50. The minimum atomic E-state index is -1.36. The van der Waals surface area contributed by atoms with E-state index in [4.69, 9.17) is 28.4 Å². The van der Waals surface area contributed by atoms with Crippen LogP contribution in [-0.4, -0.2) is 73.0 Å². The number of imide groups is 1. The molecule has 3 aromatic carbocycles. The molecule has 0 aromatic heterocycles. The van der Waals surface area contributed by atoms with Gasteiger partial charge in [-0.25, -0.2) is 0 Å². The van der Waals surface area contributed by atoms with E-state index >= 15 is 0 Å². The Hall–Kier alpha value is -4.74. The Balaban J connectivity index is 1.53. The first-order valence-electron chi connectivity index (χ1n) is 13.7. The second-order valence-electron chi connectivity index (χ2n) is 10.0. The molecule has 0 bridgehead atoms. The first kappa shape index (κ1) is 29.7. The summed E-state index contributed by atoms with van der Waals surface area (Å²) in [4.78, 5) is 53.0. The van der Waals surface area contributed by atoms with Gasteiger partial charge in [-0.1, -0.05) is 42.5 Å². The van der Waals surface area contributed by atoms with Gasteiger partial charge < -0.3 is 28.4 Å². The molecule has 0 saturated carbocycles. The van der Waals surface area contributed by atoms with Crippen molar-refractivity contribution >= 4 is 23.8 Å². The summed E-state index contributed by atoms with van der Waals surface area (Å²) < 4.78 is 35.1. The number of hydrogen-bond donors (Lipinski definition) is 0. The Bertz CT molecular complexity index is 1440. The van der Waals surface area contributed by atoms with Crippen LogP contribution in [0.3, 0.4) is 0 Å². The van der Waals surface area contributed by atoms with Crippen LogP contribution >= 0.6 is 0 Å². The minimum absolute atomic E-state index is 0.0953. The van der Waals surface area contributed by atoms with Gasteiger partial charge >= 0.3 is 11.9 Å². The van der Waals surface area contributed by atoms with E-state index in [0.29, 0.717) is 11.5 Å². The summed E-state index contributed by atoms with van der Waals surface area (Å²) in [6.07, 6.45) is -4.96. The summed E-state index contributed by atoms with van der Waals surface area (Å²) >= 11 is 0. The number of ether oxygens (including phenoxy) is 6. The van der Waals surface area contributed by atoms with E-state index < -0.39 is 54.4 Å². The van der Waals surface area contributed by atoms with E-state index in [9.17, 15) is 19.2 Å². The smallest absolute Gasteiger partial charge is 0.303 e. The van der Waals surface area contributed by atoms with E-state index in [1.807, 2.05) is 30.3 Å². The van der Waals surface area contributed by atoms with Gasteiger partial charge in [0.1, 0.15) is 23.6 Å². The average Bonchev–Trinajstić information content (AvgIpc) is 3.24. The van der Waals surface area contributed by atoms with Crippen LogP contribution in [0.25, 0.3) is 0 Å². The zero-order valence-electron chi connectivity index (χ0n) is 23.8. The van der Waals surface area contributed by atoms with Crippen LogP contribution in [0.2, 0.25) is 0 Å². The largest absolute Gasteiger partial charge is 0.497 e. The lowest BCUT2D eigenvalue weighted by molar-refractivity contribution is -0.266. The highest BCUT2D eigenvalue weighted by Gasteiger charge is 2.57. The normalized spacial score (nSPS) is 23.0. The molecule has 43 heavy (non-hydrogen) atoms. The van der Waals surface area contributed by atoms with Gasteiger partial charge in [-0.2, -0.15) is 0 Å². The Morgan fingerprint density at radius 2 is 1.33 bits per heavy atom. The second kappa shape index (κ2) is 13.1. The van der Waals surface area contributed by atoms with Gasteiger partial charge in [0.05, 0.1) is 31.5 Å². The van der Waals surface area contributed by atoms with Gasteiger partial charge in [0.2, 0.25) is 6.29 Å². The van der Waals surface area contributed by atoms with Gasteiger partial charge in [0.25, 0.3) is 11.8 Å². The first-order valence-corrected chi connectivity index (χ1v) is 13.7. The molecule has 2 aliphatic heterocycles. The molecule has 11 heteroatoms. The van der Waals surface area contributed by atoms with Crippen LogP contribution in [0.4, 0.5) is 0 Å². The number of amides is 2. The van der Waals surface area contributed by atoms with Crippen molar-refractivity contribution in [3.8, 4) is 11.5 Å². The number of benzene rings is 3. The number of esters is 2. The maximum absolute atomic E-state index is 13.7. The molecule has 0 spiro atoms. The Morgan fingerprint density at radius 1 is 0.767 bits per heavy atom. The van der Waals surface area contributed by atoms with Crippen LogP contribution in [0, 0.1) is 0 Å². The first-order chi connectivity index (χ1) is 20.8. The highest BCUT2D eigenvalue weighted by Crippen LogP contribution is 2.36. The molecule has 5 rings (SSSR count). The molecule has 11 nitrogen and oxygen atoms in total. The van der Waals surface area contributed by atoms with Gasteiger partial charge in [-0.15, -0.1) is 0 Å². The van der Waals surface area contributed by atoms with Crippen molar-refractivity contribution < 1.29 is 47.6 Å². The van der Waals surface area contributed by atoms with Crippen LogP contribution in [0.1, 0.15) is 40.1 Å². The van der Waals surface area contributed by atoms with E-state index in [-0.39, 0.29) is 24.3 Å². The van der Waals surface area contributed by atoms with Gasteiger partial charge in [-0.05, 0) is 42.0 Å². The molecule has 3 aromatic rings. The zero-order valence-corrected chi connectivity index (χ0v) is 23.8. The zero-order chi connectivity index (χ0) is 30.5. The van der Waals surface area contributed by atoms with Crippen LogP contribution in [0.5, 0.6) is 11.5 Å². The molecule has 2 aliphatic rings. The summed E-state index contributed by atoms with van der Waals surface area (Å²) in [6, 6.07) is 21.0. The maximum atomic E-state index is 13.7. The lowest BCUT2D eigenvalue weighted by Gasteiger charge is -2.47. The number of nitrogens with zero attached hydrogens (tertiary/aromatic N) is 1. The van der Waals surface area contributed by atoms with Crippen molar-refractivity contribution in [2.24, 2.45) is 0 Å². The van der Waals surface area contributed by atoms with Gasteiger partial charge in [-0.3, -0.25) is 24.1 Å². The number of hydrogen-bond acceptors (Lipinski definition) is 10. The molecule has 2 amide bonds. The predicted molar refractivity (Wildman–Crippen MR) is 150 cm³/mol.